The van der Waals surface area contributed by atoms with Gasteiger partial charge in [0.2, 0.25) is 0 Å². The molecule has 194 valence electrons. The van der Waals surface area contributed by atoms with Gasteiger partial charge >= 0.3 is 0 Å². The number of carbonyl (C=O) groups excluding carboxylic acids is 1. The molecule has 7 nitrogen and oxygen atoms in total. The van der Waals surface area contributed by atoms with Crippen LogP contribution < -0.4 is 5.32 Å². The quantitative estimate of drug-likeness (QED) is 0.320. The SMILES string of the molecule is Cc1cc(NC(=O)c2ccc(C)c(C#Cc3cnc4ccccn34)c2)cc(-n2cnc(CN3CCCC3)c2)c1. The predicted octanol–water partition coefficient (Wildman–Crippen LogP) is 5.38. The number of amides is 1. The normalized spacial score (nSPS) is 13.4. The molecule has 1 N–H and O–H groups in total. The average molecular weight is 515 g/mol. The van der Waals surface area contributed by atoms with E-state index in [9.17, 15) is 4.79 Å². The Bertz CT molecular complexity index is 1730. The van der Waals surface area contributed by atoms with Crippen molar-refractivity contribution in [3.8, 4) is 17.5 Å². The van der Waals surface area contributed by atoms with Crippen LogP contribution in [0.2, 0.25) is 0 Å². The molecular formula is C32H30N6O. The summed E-state index contributed by atoms with van der Waals surface area (Å²) in [7, 11) is 0. The molecule has 4 heterocycles. The van der Waals surface area contributed by atoms with E-state index in [4.69, 9.17) is 0 Å². The van der Waals surface area contributed by atoms with Gasteiger partial charge in [-0.3, -0.25) is 14.1 Å². The number of likely N-dealkylation sites (tertiary alicyclic amines) is 1. The average Bonchev–Trinajstić information content (AvgIpc) is 3.70. The van der Waals surface area contributed by atoms with Crippen molar-refractivity contribution < 1.29 is 4.79 Å². The minimum atomic E-state index is -0.176. The van der Waals surface area contributed by atoms with Crippen molar-refractivity contribution in [3.05, 3.63) is 113 Å². The molecule has 1 aliphatic heterocycles. The first kappa shape index (κ1) is 24.7. The van der Waals surface area contributed by atoms with Gasteiger partial charge in [0.15, 0.2) is 0 Å². The molecule has 39 heavy (non-hydrogen) atoms. The van der Waals surface area contributed by atoms with E-state index >= 15 is 0 Å². The lowest BCUT2D eigenvalue weighted by molar-refractivity contribution is 0.102. The highest BCUT2D eigenvalue weighted by atomic mass is 16.1. The third kappa shape index (κ3) is 5.47. The van der Waals surface area contributed by atoms with E-state index in [1.54, 1.807) is 6.20 Å². The zero-order valence-electron chi connectivity index (χ0n) is 22.2. The van der Waals surface area contributed by atoms with Crippen molar-refractivity contribution in [1.29, 1.82) is 0 Å². The maximum atomic E-state index is 13.2. The van der Waals surface area contributed by atoms with Gasteiger partial charge in [-0.1, -0.05) is 18.1 Å². The standard InChI is InChI=1S/C32H30N6O/c1-23-15-27(18-30(16-23)37-21-28(34-22-37)20-36-12-5-6-13-36)35-32(39)26-9-8-24(2)25(17-26)10-11-29-19-33-31-7-3-4-14-38(29)31/h3-4,7-9,14-19,21-22H,5-6,12-13,20H2,1-2H3,(H,35,39). The summed E-state index contributed by atoms with van der Waals surface area (Å²) in [5.74, 6) is 6.26. The Labute approximate surface area is 228 Å². The van der Waals surface area contributed by atoms with Crippen molar-refractivity contribution in [2.45, 2.75) is 33.2 Å². The van der Waals surface area contributed by atoms with Crippen molar-refractivity contribution in [2.24, 2.45) is 0 Å². The number of anilines is 1. The zero-order valence-corrected chi connectivity index (χ0v) is 22.2. The number of nitrogens with one attached hydrogen (secondary N) is 1. The summed E-state index contributed by atoms with van der Waals surface area (Å²) in [6, 6.07) is 17.5. The van der Waals surface area contributed by atoms with Gasteiger partial charge in [0, 0.05) is 41.4 Å². The lowest BCUT2D eigenvalue weighted by atomic mass is 10.0. The fourth-order valence-electron chi connectivity index (χ4n) is 5.00. The van der Waals surface area contributed by atoms with Gasteiger partial charge in [0.1, 0.15) is 11.3 Å². The molecule has 0 radical (unpaired) electrons. The van der Waals surface area contributed by atoms with Crippen LogP contribution in [-0.4, -0.2) is 42.8 Å². The minimum Gasteiger partial charge on any atom is -0.322 e. The molecule has 1 saturated heterocycles. The first-order chi connectivity index (χ1) is 19.0. The topological polar surface area (TPSA) is 67.5 Å². The van der Waals surface area contributed by atoms with Crippen LogP contribution in [0.3, 0.4) is 0 Å². The molecule has 0 saturated carbocycles. The summed E-state index contributed by atoms with van der Waals surface area (Å²) >= 11 is 0. The number of rotatable bonds is 5. The number of imidazole rings is 2. The predicted molar refractivity (Wildman–Crippen MR) is 153 cm³/mol. The van der Waals surface area contributed by atoms with Crippen molar-refractivity contribution in [1.82, 2.24) is 23.8 Å². The van der Waals surface area contributed by atoms with Crippen LogP contribution >= 0.6 is 0 Å². The fraction of sp³-hybridized carbons (Fsp3) is 0.219. The number of nitrogens with zero attached hydrogens (tertiary/aromatic N) is 5. The van der Waals surface area contributed by atoms with Gasteiger partial charge in [0.05, 0.1) is 18.2 Å². The van der Waals surface area contributed by atoms with E-state index in [0.29, 0.717) is 5.56 Å². The molecule has 2 aromatic carbocycles. The molecule has 0 spiro atoms. The minimum absolute atomic E-state index is 0.176. The summed E-state index contributed by atoms with van der Waals surface area (Å²) in [6.07, 6.45) is 10.2. The van der Waals surface area contributed by atoms with Gasteiger partial charge in [-0.15, -0.1) is 0 Å². The highest BCUT2D eigenvalue weighted by molar-refractivity contribution is 6.04. The monoisotopic (exact) mass is 514 g/mol. The van der Waals surface area contributed by atoms with E-state index in [0.717, 1.165) is 64.7 Å². The Morgan fingerprint density at radius 2 is 1.87 bits per heavy atom. The molecular weight excluding hydrogens is 484 g/mol. The van der Waals surface area contributed by atoms with Gasteiger partial charge in [0.25, 0.3) is 5.91 Å². The third-order valence-corrected chi connectivity index (χ3v) is 7.08. The molecule has 1 fully saturated rings. The summed E-state index contributed by atoms with van der Waals surface area (Å²) in [5, 5.41) is 3.07. The lowest BCUT2D eigenvalue weighted by Crippen LogP contribution is -2.18. The second kappa shape index (κ2) is 10.6. The van der Waals surface area contributed by atoms with Gasteiger partial charge in [-0.2, -0.15) is 0 Å². The van der Waals surface area contributed by atoms with E-state index in [1.807, 2.05) is 83.9 Å². The van der Waals surface area contributed by atoms with Gasteiger partial charge in [-0.25, -0.2) is 9.97 Å². The maximum Gasteiger partial charge on any atom is 0.255 e. The molecule has 6 rings (SSSR count). The van der Waals surface area contributed by atoms with Crippen LogP contribution in [0.1, 0.15) is 51.3 Å². The molecule has 0 unspecified atom stereocenters. The van der Waals surface area contributed by atoms with Crippen molar-refractivity contribution in [3.63, 3.8) is 0 Å². The summed E-state index contributed by atoms with van der Waals surface area (Å²) in [4.78, 5) is 24.7. The molecule has 1 aliphatic rings. The number of hydrogen-bond acceptors (Lipinski definition) is 4. The van der Waals surface area contributed by atoms with Crippen molar-refractivity contribution in [2.75, 3.05) is 18.4 Å². The highest BCUT2D eigenvalue weighted by Gasteiger charge is 2.14. The number of aryl methyl sites for hydroxylation is 2. The van der Waals surface area contributed by atoms with E-state index in [-0.39, 0.29) is 5.91 Å². The summed E-state index contributed by atoms with van der Waals surface area (Å²) in [5.41, 5.74) is 7.84. The number of carbonyl (C=O) groups is 1. The second-order valence-corrected chi connectivity index (χ2v) is 10.1. The summed E-state index contributed by atoms with van der Waals surface area (Å²) < 4.78 is 3.97. The Hall–Kier alpha value is -4.67. The van der Waals surface area contributed by atoms with Gasteiger partial charge in [-0.05, 0) is 99.3 Å². The number of aromatic nitrogens is 4. The molecule has 0 aliphatic carbocycles. The number of fused-ring (bicyclic) bond motifs is 1. The van der Waals surface area contributed by atoms with Crippen LogP contribution in [0.15, 0.2) is 79.5 Å². The van der Waals surface area contributed by atoms with Crippen LogP contribution in [0, 0.1) is 25.7 Å². The Morgan fingerprint density at radius 3 is 2.74 bits per heavy atom. The first-order valence-electron chi connectivity index (χ1n) is 13.3. The molecule has 7 heteroatoms. The number of benzene rings is 2. The Balaban J connectivity index is 1.20. The lowest BCUT2D eigenvalue weighted by Gasteiger charge is -2.12. The van der Waals surface area contributed by atoms with E-state index in [2.05, 4.69) is 44.3 Å². The Morgan fingerprint density at radius 1 is 1.00 bits per heavy atom. The molecule has 3 aromatic heterocycles. The molecule has 1 amide bonds. The highest BCUT2D eigenvalue weighted by Crippen LogP contribution is 2.21. The molecule has 0 atom stereocenters. The largest absolute Gasteiger partial charge is 0.322 e. The molecule has 0 bridgehead atoms. The third-order valence-electron chi connectivity index (χ3n) is 7.08. The fourth-order valence-corrected chi connectivity index (χ4v) is 5.00. The van der Waals surface area contributed by atoms with Crippen LogP contribution in [0.25, 0.3) is 11.3 Å². The van der Waals surface area contributed by atoms with E-state index < -0.39 is 0 Å². The molecule has 5 aromatic rings. The van der Waals surface area contributed by atoms with E-state index in [1.165, 1.54) is 12.8 Å². The van der Waals surface area contributed by atoms with Gasteiger partial charge < -0.3 is 9.88 Å². The summed E-state index contributed by atoms with van der Waals surface area (Å²) in [6.45, 7) is 7.18. The maximum absolute atomic E-state index is 13.2. The zero-order chi connectivity index (χ0) is 26.8. The Kier molecular flexibility index (Phi) is 6.70. The van der Waals surface area contributed by atoms with Crippen LogP contribution in [0.5, 0.6) is 0 Å². The number of hydrogen-bond donors (Lipinski definition) is 1. The first-order valence-corrected chi connectivity index (χ1v) is 13.3. The van der Waals surface area contributed by atoms with Crippen LogP contribution in [-0.2, 0) is 6.54 Å². The van der Waals surface area contributed by atoms with Crippen molar-refractivity contribution >= 4 is 17.2 Å². The smallest absolute Gasteiger partial charge is 0.255 e. The number of pyridine rings is 1. The van der Waals surface area contributed by atoms with Crippen LogP contribution in [0.4, 0.5) is 5.69 Å². The second-order valence-electron chi connectivity index (χ2n) is 10.1.